The summed E-state index contributed by atoms with van der Waals surface area (Å²) in [6.45, 7) is 2.32. The van der Waals surface area contributed by atoms with E-state index in [0.29, 0.717) is 12.4 Å². The molecule has 6 nitrogen and oxygen atoms in total. The Hall–Kier alpha value is -2.83. The summed E-state index contributed by atoms with van der Waals surface area (Å²) in [4.78, 5) is 10.4. The van der Waals surface area contributed by atoms with Gasteiger partial charge in [0.1, 0.15) is 5.75 Å². The fraction of sp³-hybridized carbons (Fsp3) is 0.429. The Kier molecular flexibility index (Phi) is 7.06. The van der Waals surface area contributed by atoms with Crippen LogP contribution in [0.3, 0.4) is 0 Å². The molecule has 2 N–H and O–H groups in total. The van der Waals surface area contributed by atoms with Gasteiger partial charge in [0.25, 0.3) is 0 Å². The summed E-state index contributed by atoms with van der Waals surface area (Å²) in [6, 6.07) is 11.4. The zero-order chi connectivity index (χ0) is 19.8. The molecule has 1 aromatic carbocycles. The Labute approximate surface area is 165 Å². The third-order valence-electron chi connectivity index (χ3n) is 4.89. The van der Waals surface area contributed by atoms with Gasteiger partial charge in [-0.05, 0) is 49.1 Å². The van der Waals surface area contributed by atoms with Gasteiger partial charge in [0.2, 0.25) is 0 Å². The number of guanidine groups is 1. The van der Waals surface area contributed by atoms with Crippen molar-refractivity contribution in [1.29, 1.82) is 0 Å². The second-order valence-electron chi connectivity index (χ2n) is 6.84. The summed E-state index contributed by atoms with van der Waals surface area (Å²) in [7, 11) is 3.44. The summed E-state index contributed by atoms with van der Waals surface area (Å²) in [5.41, 5.74) is 1.29. The molecule has 1 aromatic heterocycles. The molecule has 3 rings (SSSR count). The maximum Gasteiger partial charge on any atom is 0.191 e. The van der Waals surface area contributed by atoms with Crippen LogP contribution >= 0.6 is 0 Å². The first kappa shape index (κ1) is 19.9. The molecular weight excluding hydrogens is 357 g/mol. The van der Waals surface area contributed by atoms with Gasteiger partial charge >= 0.3 is 0 Å². The Morgan fingerprint density at radius 3 is 2.86 bits per heavy atom. The number of rotatable bonds is 7. The minimum absolute atomic E-state index is 0.217. The number of pyridine rings is 1. The highest BCUT2D eigenvalue weighted by Gasteiger charge is 2.25. The lowest BCUT2D eigenvalue weighted by Crippen LogP contribution is -2.45. The van der Waals surface area contributed by atoms with Crippen molar-refractivity contribution in [3.05, 3.63) is 54.0 Å². The van der Waals surface area contributed by atoms with Crippen molar-refractivity contribution in [2.75, 3.05) is 38.7 Å². The highest BCUT2D eigenvalue weighted by molar-refractivity contribution is 5.80. The molecule has 28 heavy (non-hydrogen) atoms. The first-order valence-electron chi connectivity index (χ1n) is 9.65. The first-order chi connectivity index (χ1) is 13.7. The number of nitrogens with one attached hydrogen (secondary N) is 2. The molecule has 0 radical (unpaired) electrons. The number of anilines is 1. The third-order valence-corrected chi connectivity index (χ3v) is 4.89. The number of nitrogens with zero attached hydrogens (tertiary/aromatic N) is 3. The van der Waals surface area contributed by atoms with Crippen LogP contribution in [0.15, 0.2) is 47.6 Å². The van der Waals surface area contributed by atoms with Crippen LogP contribution in [-0.4, -0.2) is 50.8 Å². The largest absolute Gasteiger partial charge is 0.497 e. The minimum Gasteiger partial charge on any atom is -0.497 e. The van der Waals surface area contributed by atoms with Crippen LogP contribution in [-0.2, 0) is 6.42 Å². The van der Waals surface area contributed by atoms with Gasteiger partial charge in [-0.2, -0.15) is 0 Å². The molecule has 1 atom stereocenters. The summed E-state index contributed by atoms with van der Waals surface area (Å²) >= 11 is 0. The van der Waals surface area contributed by atoms with Crippen molar-refractivity contribution >= 4 is 11.8 Å². The lowest BCUT2D eigenvalue weighted by molar-refractivity contribution is 0.414. The third kappa shape index (κ3) is 5.34. The standard InChI is InChI=1S/C21H28FN5O/c1-23-21(25-13-3-5-16-7-9-18(28-2)10-8-16)26-17-11-14-27(15-17)20-19(22)6-4-12-24-20/h4,6-10,12,17H,3,5,11,13-15H2,1-2H3,(H2,23,25,26). The first-order valence-corrected chi connectivity index (χ1v) is 9.65. The molecule has 150 valence electrons. The summed E-state index contributed by atoms with van der Waals surface area (Å²) in [6.07, 6.45) is 4.54. The highest BCUT2D eigenvalue weighted by Crippen LogP contribution is 2.20. The normalized spacial score (nSPS) is 16.9. The van der Waals surface area contributed by atoms with Crippen molar-refractivity contribution in [3.8, 4) is 5.75 Å². The summed E-state index contributed by atoms with van der Waals surface area (Å²) in [5.74, 6) is 1.81. The van der Waals surface area contributed by atoms with Gasteiger partial charge in [-0.25, -0.2) is 9.37 Å². The van der Waals surface area contributed by atoms with Crippen molar-refractivity contribution in [3.63, 3.8) is 0 Å². The number of hydrogen-bond acceptors (Lipinski definition) is 4. The molecular formula is C21H28FN5O. The van der Waals surface area contributed by atoms with E-state index in [1.807, 2.05) is 17.0 Å². The van der Waals surface area contributed by atoms with E-state index >= 15 is 0 Å². The van der Waals surface area contributed by atoms with Gasteiger partial charge in [0, 0.05) is 38.9 Å². The Morgan fingerprint density at radius 1 is 1.32 bits per heavy atom. The van der Waals surface area contributed by atoms with Crippen LogP contribution in [0.4, 0.5) is 10.2 Å². The van der Waals surface area contributed by atoms with Crippen molar-refractivity contribution < 1.29 is 9.13 Å². The van der Waals surface area contributed by atoms with Gasteiger partial charge in [0.05, 0.1) is 7.11 Å². The zero-order valence-corrected chi connectivity index (χ0v) is 16.5. The number of ether oxygens (including phenoxy) is 1. The van der Waals surface area contributed by atoms with Crippen molar-refractivity contribution in [2.45, 2.75) is 25.3 Å². The molecule has 7 heteroatoms. The van der Waals surface area contributed by atoms with E-state index in [2.05, 4.69) is 32.7 Å². The van der Waals surface area contributed by atoms with E-state index in [1.165, 1.54) is 11.6 Å². The number of halogens is 1. The topological polar surface area (TPSA) is 61.8 Å². The number of aromatic nitrogens is 1. The molecule has 1 unspecified atom stereocenters. The Morgan fingerprint density at radius 2 is 2.14 bits per heavy atom. The lowest BCUT2D eigenvalue weighted by Gasteiger charge is -2.20. The molecule has 1 aliphatic heterocycles. The number of aliphatic imine (C=N–C) groups is 1. The smallest absolute Gasteiger partial charge is 0.191 e. The Balaban J connectivity index is 1.40. The molecule has 2 aromatic rings. The molecule has 0 spiro atoms. The van der Waals surface area contributed by atoms with E-state index in [9.17, 15) is 4.39 Å². The number of benzene rings is 1. The van der Waals surface area contributed by atoms with E-state index in [-0.39, 0.29) is 11.9 Å². The van der Waals surface area contributed by atoms with Crippen LogP contribution in [0.1, 0.15) is 18.4 Å². The van der Waals surface area contributed by atoms with E-state index in [4.69, 9.17) is 4.74 Å². The molecule has 2 heterocycles. The second kappa shape index (κ2) is 9.92. The number of methoxy groups -OCH3 is 1. The fourth-order valence-corrected chi connectivity index (χ4v) is 3.36. The van der Waals surface area contributed by atoms with Crippen LogP contribution in [0.2, 0.25) is 0 Å². The van der Waals surface area contributed by atoms with E-state index in [0.717, 1.165) is 44.1 Å². The quantitative estimate of drug-likeness (QED) is 0.436. The van der Waals surface area contributed by atoms with Crippen molar-refractivity contribution in [1.82, 2.24) is 15.6 Å². The average Bonchev–Trinajstić information content (AvgIpc) is 3.19. The lowest BCUT2D eigenvalue weighted by atomic mass is 10.1. The van der Waals surface area contributed by atoms with E-state index < -0.39 is 0 Å². The van der Waals surface area contributed by atoms with E-state index in [1.54, 1.807) is 26.4 Å². The molecule has 0 aliphatic carbocycles. The van der Waals surface area contributed by atoms with Crippen molar-refractivity contribution in [2.24, 2.45) is 4.99 Å². The van der Waals surface area contributed by atoms with Gasteiger partial charge in [-0.15, -0.1) is 0 Å². The van der Waals surface area contributed by atoms with Gasteiger partial charge in [-0.1, -0.05) is 12.1 Å². The van der Waals surface area contributed by atoms with Crippen LogP contribution in [0.5, 0.6) is 5.75 Å². The minimum atomic E-state index is -0.274. The molecule has 0 bridgehead atoms. The van der Waals surface area contributed by atoms with Crippen LogP contribution in [0.25, 0.3) is 0 Å². The van der Waals surface area contributed by atoms with Crippen LogP contribution < -0.4 is 20.3 Å². The number of aryl methyl sites for hydroxylation is 1. The average molecular weight is 385 g/mol. The maximum absolute atomic E-state index is 13.9. The molecule has 0 saturated carbocycles. The molecule has 0 amide bonds. The fourth-order valence-electron chi connectivity index (χ4n) is 3.36. The van der Waals surface area contributed by atoms with Gasteiger partial charge < -0.3 is 20.3 Å². The number of hydrogen-bond donors (Lipinski definition) is 2. The molecule has 1 aliphatic rings. The molecule has 1 saturated heterocycles. The predicted molar refractivity (Wildman–Crippen MR) is 111 cm³/mol. The SMILES string of the molecule is CN=C(NCCCc1ccc(OC)cc1)NC1CCN(c2ncccc2F)C1. The highest BCUT2D eigenvalue weighted by atomic mass is 19.1. The zero-order valence-electron chi connectivity index (χ0n) is 16.5. The Bertz CT molecular complexity index is 781. The summed E-state index contributed by atoms with van der Waals surface area (Å²) in [5, 5.41) is 6.79. The summed E-state index contributed by atoms with van der Waals surface area (Å²) < 4.78 is 19.1. The molecule has 1 fully saturated rings. The van der Waals surface area contributed by atoms with Crippen LogP contribution in [0, 0.1) is 5.82 Å². The monoisotopic (exact) mass is 385 g/mol. The van der Waals surface area contributed by atoms with Gasteiger partial charge in [0.15, 0.2) is 17.6 Å². The predicted octanol–water partition coefficient (Wildman–Crippen LogP) is 2.61. The van der Waals surface area contributed by atoms with Gasteiger partial charge in [-0.3, -0.25) is 4.99 Å². The maximum atomic E-state index is 13.9. The second-order valence-corrected chi connectivity index (χ2v) is 6.84.